The predicted molar refractivity (Wildman–Crippen MR) is 124 cm³/mol. The van der Waals surface area contributed by atoms with Crippen molar-refractivity contribution in [2.24, 2.45) is 12.0 Å². The molecule has 1 aliphatic heterocycles. The zero-order valence-corrected chi connectivity index (χ0v) is 19.7. The molecule has 2 aromatic rings. The van der Waals surface area contributed by atoms with Gasteiger partial charge >= 0.3 is 0 Å². The summed E-state index contributed by atoms with van der Waals surface area (Å²) < 4.78 is 13.4. The first-order valence-electron chi connectivity index (χ1n) is 9.86. The van der Waals surface area contributed by atoms with Crippen LogP contribution in [0.15, 0.2) is 29.3 Å². The molecule has 8 nitrogen and oxygen atoms in total. The molecule has 0 aliphatic carbocycles. The highest BCUT2D eigenvalue weighted by molar-refractivity contribution is 14.0. The van der Waals surface area contributed by atoms with Crippen molar-refractivity contribution in [3.05, 3.63) is 41.5 Å². The number of rotatable bonds is 9. The number of guanidine groups is 1. The van der Waals surface area contributed by atoms with Gasteiger partial charge in [-0.1, -0.05) is 18.2 Å². The van der Waals surface area contributed by atoms with Gasteiger partial charge in [0.25, 0.3) is 0 Å². The first-order valence-corrected chi connectivity index (χ1v) is 9.86. The van der Waals surface area contributed by atoms with Crippen LogP contribution in [0.3, 0.4) is 0 Å². The molecule has 0 radical (unpaired) electrons. The lowest BCUT2D eigenvalue weighted by Gasteiger charge is -2.16. The maximum absolute atomic E-state index is 6.01. The molecule has 1 aromatic heterocycles. The number of nitrogens with one attached hydrogen (secondary N) is 2. The normalized spacial score (nSPS) is 15.4. The van der Waals surface area contributed by atoms with Crippen molar-refractivity contribution in [2.45, 2.75) is 39.3 Å². The Bertz CT molecular complexity index is 770. The van der Waals surface area contributed by atoms with Crippen molar-refractivity contribution in [3.8, 4) is 5.75 Å². The first kappa shape index (κ1) is 23.4. The Labute approximate surface area is 189 Å². The number of nitrogens with zero attached hydrogens (tertiary/aromatic N) is 4. The number of hydrogen-bond acceptors (Lipinski definition) is 5. The monoisotopic (exact) mass is 514 g/mol. The average Bonchev–Trinajstić information content (AvgIpc) is 3.26. The number of aromatic nitrogens is 3. The summed E-state index contributed by atoms with van der Waals surface area (Å²) in [5.41, 5.74) is 1.26. The molecule has 0 bridgehead atoms. The molecule has 1 unspecified atom stereocenters. The highest BCUT2D eigenvalue weighted by Gasteiger charge is 2.22. The molecule has 1 atom stereocenters. The van der Waals surface area contributed by atoms with Gasteiger partial charge in [0, 0.05) is 33.2 Å². The molecule has 1 aromatic carbocycles. The highest BCUT2D eigenvalue weighted by atomic mass is 127. The van der Waals surface area contributed by atoms with E-state index in [4.69, 9.17) is 9.47 Å². The van der Waals surface area contributed by atoms with Gasteiger partial charge in [-0.2, -0.15) is 0 Å². The summed E-state index contributed by atoms with van der Waals surface area (Å²) in [4.78, 5) is 4.67. The second-order valence-electron chi connectivity index (χ2n) is 6.80. The average molecular weight is 514 g/mol. The molecule has 2 heterocycles. The number of para-hydroxylation sites is 1. The molecule has 0 fully saturated rings. The maximum atomic E-state index is 6.01. The molecule has 3 rings (SSSR count). The Kier molecular flexibility index (Phi) is 9.65. The van der Waals surface area contributed by atoms with Crippen LogP contribution in [0.5, 0.6) is 5.75 Å². The van der Waals surface area contributed by atoms with E-state index in [-0.39, 0.29) is 30.1 Å². The third kappa shape index (κ3) is 6.84. The SMILES string of the molecule is CCOCCCNC(=NCc1nnc(C)n1C)NCC1Cc2ccccc2O1.I. The van der Waals surface area contributed by atoms with Gasteiger partial charge in [0.2, 0.25) is 0 Å². The van der Waals surface area contributed by atoms with E-state index in [9.17, 15) is 0 Å². The van der Waals surface area contributed by atoms with Gasteiger partial charge in [0.1, 0.15) is 24.2 Å². The van der Waals surface area contributed by atoms with Crippen LogP contribution >= 0.6 is 24.0 Å². The molecule has 29 heavy (non-hydrogen) atoms. The van der Waals surface area contributed by atoms with E-state index in [2.05, 4.69) is 31.9 Å². The van der Waals surface area contributed by atoms with Gasteiger partial charge in [-0.25, -0.2) is 4.99 Å². The van der Waals surface area contributed by atoms with Crippen molar-refractivity contribution in [3.63, 3.8) is 0 Å². The van der Waals surface area contributed by atoms with Gasteiger partial charge in [-0.15, -0.1) is 34.2 Å². The number of fused-ring (bicyclic) bond motifs is 1. The largest absolute Gasteiger partial charge is 0.488 e. The van der Waals surface area contributed by atoms with Crippen LogP contribution in [0.1, 0.15) is 30.6 Å². The molecule has 0 spiro atoms. The second kappa shape index (κ2) is 12.0. The minimum atomic E-state index is 0. The molecular weight excluding hydrogens is 483 g/mol. The van der Waals surface area contributed by atoms with E-state index in [1.165, 1.54) is 5.56 Å². The fourth-order valence-electron chi connectivity index (χ4n) is 3.02. The van der Waals surface area contributed by atoms with E-state index in [1.54, 1.807) is 0 Å². The zero-order chi connectivity index (χ0) is 19.8. The van der Waals surface area contributed by atoms with Crippen LogP contribution in [-0.2, 0) is 24.8 Å². The number of benzene rings is 1. The van der Waals surface area contributed by atoms with Crippen LogP contribution in [0, 0.1) is 6.92 Å². The maximum Gasteiger partial charge on any atom is 0.191 e. The van der Waals surface area contributed by atoms with E-state index >= 15 is 0 Å². The molecule has 0 saturated carbocycles. The summed E-state index contributed by atoms with van der Waals surface area (Å²) in [5, 5.41) is 15.0. The Balaban J connectivity index is 0.00000300. The fraction of sp³-hybridized carbons (Fsp3) is 0.550. The second-order valence-corrected chi connectivity index (χ2v) is 6.80. The summed E-state index contributed by atoms with van der Waals surface area (Å²) in [7, 11) is 1.95. The molecular formula is C20H31IN6O2. The number of aliphatic imine (C=N–C) groups is 1. The van der Waals surface area contributed by atoms with E-state index in [0.29, 0.717) is 13.1 Å². The van der Waals surface area contributed by atoms with Crippen molar-refractivity contribution in [1.82, 2.24) is 25.4 Å². The number of hydrogen-bond donors (Lipinski definition) is 2. The van der Waals surface area contributed by atoms with Crippen LogP contribution in [0.25, 0.3) is 0 Å². The fourth-order valence-corrected chi connectivity index (χ4v) is 3.02. The van der Waals surface area contributed by atoms with E-state index in [1.807, 2.05) is 43.7 Å². The van der Waals surface area contributed by atoms with Crippen LogP contribution in [0.2, 0.25) is 0 Å². The summed E-state index contributed by atoms with van der Waals surface area (Å²) >= 11 is 0. The Morgan fingerprint density at radius 1 is 1.31 bits per heavy atom. The Hall–Kier alpha value is -1.88. The molecule has 9 heteroatoms. The van der Waals surface area contributed by atoms with Crippen molar-refractivity contribution in [1.29, 1.82) is 0 Å². The lowest BCUT2D eigenvalue weighted by atomic mass is 10.1. The molecule has 1 aliphatic rings. The van der Waals surface area contributed by atoms with Gasteiger partial charge in [0.15, 0.2) is 11.8 Å². The lowest BCUT2D eigenvalue weighted by Crippen LogP contribution is -2.42. The van der Waals surface area contributed by atoms with Crippen molar-refractivity contribution >= 4 is 29.9 Å². The predicted octanol–water partition coefficient (Wildman–Crippen LogP) is 2.21. The summed E-state index contributed by atoms with van der Waals surface area (Å²) in [5.74, 6) is 3.43. The quantitative estimate of drug-likeness (QED) is 0.231. The van der Waals surface area contributed by atoms with Crippen molar-refractivity contribution in [2.75, 3.05) is 26.3 Å². The first-order chi connectivity index (χ1) is 13.7. The number of aryl methyl sites for hydroxylation is 1. The molecule has 0 saturated heterocycles. The van der Waals surface area contributed by atoms with Gasteiger partial charge in [0.05, 0.1) is 6.54 Å². The van der Waals surface area contributed by atoms with Crippen LogP contribution < -0.4 is 15.4 Å². The standard InChI is InChI=1S/C20H30N6O2.HI/c1-4-27-11-7-10-21-20(23-14-19-25-24-15(2)26(19)3)22-13-17-12-16-8-5-6-9-18(16)28-17;/h5-6,8-9,17H,4,7,10-14H2,1-3H3,(H2,21,22,23);1H. The number of ether oxygens (including phenoxy) is 2. The van der Waals surface area contributed by atoms with Gasteiger partial charge in [-0.3, -0.25) is 0 Å². The number of halogens is 1. The third-order valence-corrected chi connectivity index (χ3v) is 4.73. The van der Waals surface area contributed by atoms with Gasteiger partial charge < -0.3 is 24.7 Å². The minimum Gasteiger partial charge on any atom is -0.488 e. The third-order valence-electron chi connectivity index (χ3n) is 4.73. The molecule has 0 amide bonds. The van der Waals surface area contributed by atoms with Crippen molar-refractivity contribution < 1.29 is 9.47 Å². The topological polar surface area (TPSA) is 85.6 Å². The van der Waals surface area contributed by atoms with Gasteiger partial charge in [-0.05, 0) is 31.9 Å². The summed E-state index contributed by atoms with van der Waals surface area (Å²) in [6.45, 7) is 7.35. The minimum absolute atomic E-state index is 0. The van der Waals surface area contributed by atoms with E-state index in [0.717, 1.165) is 56.0 Å². The smallest absolute Gasteiger partial charge is 0.191 e. The zero-order valence-electron chi connectivity index (χ0n) is 17.4. The Morgan fingerprint density at radius 3 is 2.86 bits per heavy atom. The van der Waals surface area contributed by atoms with E-state index < -0.39 is 0 Å². The summed E-state index contributed by atoms with van der Waals surface area (Å²) in [6.07, 6.45) is 1.93. The molecule has 160 valence electrons. The Morgan fingerprint density at radius 2 is 2.14 bits per heavy atom. The van der Waals surface area contributed by atoms with Crippen LogP contribution in [0.4, 0.5) is 0 Å². The van der Waals surface area contributed by atoms with Crippen LogP contribution in [-0.4, -0.2) is 53.1 Å². The molecule has 2 N–H and O–H groups in total. The lowest BCUT2D eigenvalue weighted by molar-refractivity contribution is 0.145. The highest BCUT2D eigenvalue weighted by Crippen LogP contribution is 2.27. The summed E-state index contributed by atoms with van der Waals surface area (Å²) in [6, 6.07) is 8.19.